The Bertz CT molecular complexity index is 671. The SMILES string of the molecule is O=C(CCc1ccccc1)NCSN(O)CN1Cc2ccccc2C1. The quantitative estimate of drug-likeness (QED) is 0.432. The molecule has 2 aromatic carbocycles. The van der Waals surface area contributed by atoms with Gasteiger partial charge in [-0.2, -0.15) is 0 Å². The maximum absolute atomic E-state index is 11.9. The second-order valence-electron chi connectivity index (χ2n) is 6.11. The molecular formula is C19H23N3O2S. The van der Waals surface area contributed by atoms with Crippen LogP contribution in [-0.4, -0.2) is 33.0 Å². The fourth-order valence-corrected chi connectivity index (χ4v) is 3.51. The van der Waals surface area contributed by atoms with E-state index in [0.29, 0.717) is 19.0 Å². The van der Waals surface area contributed by atoms with Gasteiger partial charge in [-0.15, -0.1) is 4.47 Å². The molecular weight excluding hydrogens is 334 g/mol. The van der Waals surface area contributed by atoms with Crippen molar-refractivity contribution in [2.75, 3.05) is 12.5 Å². The molecule has 25 heavy (non-hydrogen) atoms. The van der Waals surface area contributed by atoms with Crippen molar-refractivity contribution >= 4 is 17.9 Å². The van der Waals surface area contributed by atoms with E-state index in [0.717, 1.165) is 25.1 Å². The Morgan fingerprint density at radius 2 is 1.72 bits per heavy atom. The van der Waals surface area contributed by atoms with E-state index in [1.165, 1.54) is 27.5 Å². The average molecular weight is 357 g/mol. The van der Waals surface area contributed by atoms with Gasteiger partial charge in [-0.1, -0.05) is 54.6 Å². The number of rotatable bonds is 8. The summed E-state index contributed by atoms with van der Waals surface area (Å²) >= 11 is 1.21. The Labute approximate surface area is 152 Å². The molecule has 6 heteroatoms. The Morgan fingerprint density at radius 1 is 1.08 bits per heavy atom. The molecule has 2 N–H and O–H groups in total. The van der Waals surface area contributed by atoms with Crippen molar-refractivity contribution in [2.45, 2.75) is 25.9 Å². The van der Waals surface area contributed by atoms with Gasteiger partial charge in [-0.25, -0.2) is 0 Å². The van der Waals surface area contributed by atoms with Crippen molar-refractivity contribution in [3.8, 4) is 0 Å². The van der Waals surface area contributed by atoms with Crippen molar-refractivity contribution in [3.05, 3.63) is 71.3 Å². The number of amides is 1. The second-order valence-corrected chi connectivity index (χ2v) is 7.08. The molecule has 0 saturated heterocycles. The van der Waals surface area contributed by atoms with Gasteiger partial charge in [0.05, 0.1) is 12.5 Å². The van der Waals surface area contributed by atoms with Gasteiger partial charge in [0.2, 0.25) is 5.91 Å². The van der Waals surface area contributed by atoms with Gasteiger partial charge in [0.15, 0.2) is 0 Å². The van der Waals surface area contributed by atoms with Crippen LogP contribution in [-0.2, 0) is 24.3 Å². The third-order valence-corrected chi connectivity index (χ3v) is 4.88. The molecule has 0 atom stereocenters. The largest absolute Gasteiger partial charge is 0.346 e. The molecule has 0 aliphatic carbocycles. The zero-order chi connectivity index (χ0) is 17.5. The average Bonchev–Trinajstić information content (AvgIpc) is 3.03. The maximum atomic E-state index is 11.9. The lowest BCUT2D eigenvalue weighted by Gasteiger charge is -2.21. The number of aryl methyl sites for hydroxylation is 1. The summed E-state index contributed by atoms with van der Waals surface area (Å²) < 4.78 is 1.18. The molecule has 1 amide bonds. The molecule has 3 rings (SSSR count). The van der Waals surface area contributed by atoms with Crippen LogP contribution in [0.25, 0.3) is 0 Å². The minimum absolute atomic E-state index is 0.00155. The molecule has 0 unspecified atom stereocenters. The summed E-state index contributed by atoms with van der Waals surface area (Å²) in [7, 11) is 0. The van der Waals surface area contributed by atoms with E-state index in [1.54, 1.807) is 0 Å². The smallest absolute Gasteiger partial charge is 0.221 e. The van der Waals surface area contributed by atoms with Gasteiger partial charge < -0.3 is 10.5 Å². The highest BCUT2D eigenvalue weighted by molar-refractivity contribution is 7.96. The molecule has 0 spiro atoms. The van der Waals surface area contributed by atoms with E-state index in [-0.39, 0.29) is 5.91 Å². The fourth-order valence-electron chi connectivity index (χ4n) is 2.89. The zero-order valence-electron chi connectivity index (χ0n) is 14.1. The first-order valence-corrected chi connectivity index (χ1v) is 9.34. The second kappa shape index (κ2) is 9.01. The first-order valence-electron chi connectivity index (χ1n) is 8.40. The van der Waals surface area contributed by atoms with E-state index < -0.39 is 0 Å². The third kappa shape index (κ3) is 5.57. The lowest BCUT2D eigenvalue weighted by Crippen LogP contribution is -2.31. The normalized spacial score (nSPS) is 13.8. The lowest BCUT2D eigenvalue weighted by molar-refractivity contribution is -0.120. The topological polar surface area (TPSA) is 55.8 Å². The number of carbonyl (C=O) groups is 1. The number of nitrogens with zero attached hydrogens (tertiary/aromatic N) is 2. The molecule has 0 saturated carbocycles. The van der Waals surface area contributed by atoms with Gasteiger partial charge in [0.25, 0.3) is 0 Å². The summed E-state index contributed by atoms with van der Waals surface area (Å²) in [5.41, 5.74) is 3.79. The predicted octanol–water partition coefficient (Wildman–Crippen LogP) is 3.01. The first kappa shape index (κ1) is 17.9. The summed E-state index contributed by atoms with van der Waals surface area (Å²) in [6.07, 6.45) is 1.18. The Hall–Kier alpha value is -1.86. The summed E-state index contributed by atoms with van der Waals surface area (Å²) in [6, 6.07) is 18.3. The minimum atomic E-state index is -0.00155. The summed E-state index contributed by atoms with van der Waals surface area (Å²) in [5, 5.41) is 12.8. The Kier molecular flexibility index (Phi) is 6.47. The first-order chi connectivity index (χ1) is 12.2. The number of hydroxylamine groups is 1. The van der Waals surface area contributed by atoms with Crippen LogP contribution in [0.15, 0.2) is 54.6 Å². The van der Waals surface area contributed by atoms with Crippen LogP contribution in [0.1, 0.15) is 23.1 Å². The van der Waals surface area contributed by atoms with Crippen LogP contribution in [0, 0.1) is 0 Å². The van der Waals surface area contributed by atoms with Crippen molar-refractivity contribution in [3.63, 3.8) is 0 Å². The maximum Gasteiger partial charge on any atom is 0.221 e. The lowest BCUT2D eigenvalue weighted by atomic mass is 10.1. The standard InChI is InChI=1S/C19H23N3O2S/c23-19(11-10-16-6-2-1-3-7-16)20-14-25-22(24)15-21-12-17-8-4-5-9-18(17)13-21/h1-9,24H,10-15H2,(H,20,23). The van der Waals surface area contributed by atoms with Crippen LogP contribution < -0.4 is 5.32 Å². The molecule has 1 heterocycles. The van der Waals surface area contributed by atoms with E-state index in [1.807, 2.05) is 42.5 Å². The number of benzene rings is 2. The monoisotopic (exact) mass is 357 g/mol. The summed E-state index contributed by atoms with van der Waals surface area (Å²) in [5.74, 6) is 0.364. The molecule has 1 aliphatic rings. The highest BCUT2D eigenvalue weighted by atomic mass is 32.2. The molecule has 0 fully saturated rings. The van der Waals surface area contributed by atoms with Crippen LogP contribution in [0.5, 0.6) is 0 Å². The molecule has 0 radical (unpaired) electrons. The number of nitrogens with one attached hydrogen (secondary N) is 1. The van der Waals surface area contributed by atoms with E-state index in [9.17, 15) is 10.0 Å². The van der Waals surface area contributed by atoms with E-state index in [4.69, 9.17) is 0 Å². The van der Waals surface area contributed by atoms with Gasteiger partial charge in [-0.05, 0) is 35.1 Å². The number of hydrogen-bond acceptors (Lipinski definition) is 5. The molecule has 5 nitrogen and oxygen atoms in total. The minimum Gasteiger partial charge on any atom is -0.346 e. The van der Waals surface area contributed by atoms with Crippen LogP contribution in [0.2, 0.25) is 0 Å². The zero-order valence-corrected chi connectivity index (χ0v) is 14.9. The Morgan fingerprint density at radius 3 is 2.40 bits per heavy atom. The molecule has 2 aromatic rings. The predicted molar refractivity (Wildman–Crippen MR) is 99.5 cm³/mol. The highest BCUT2D eigenvalue weighted by Crippen LogP contribution is 2.22. The highest BCUT2D eigenvalue weighted by Gasteiger charge is 2.19. The molecule has 1 aliphatic heterocycles. The molecule has 132 valence electrons. The van der Waals surface area contributed by atoms with Crippen LogP contribution in [0.4, 0.5) is 0 Å². The molecule has 0 aromatic heterocycles. The van der Waals surface area contributed by atoms with Crippen molar-refractivity contribution in [2.24, 2.45) is 0 Å². The number of carbonyl (C=O) groups excluding carboxylic acids is 1. The van der Waals surface area contributed by atoms with Crippen LogP contribution in [0.3, 0.4) is 0 Å². The van der Waals surface area contributed by atoms with Gasteiger partial charge in [0.1, 0.15) is 0 Å². The van der Waals surface area contributed by atoms with E-state index >= 15 is 0 Å². The summed E-state index contributed by atoms with van der Waals surface area (Å²) in [4.78, 5) is 14.0. The Balaban J connectivity index is 1.30. The van der Waals surface area contributed by atoms with Gasteiger partial charge >= 0.3 is 0 Å². The fraction of sp³-hybridized carbons (Fsp3) is 0.316. The van der Waals surface area contributed by atoms with Crippen LogP contribution >= 0.6 is 11.9 Å². The van der Waals surface area contributed by atoms with Crippen molar-refractivity contribution < 1.29 is 10.0 Å². The summed E-state index contributed by atoms with van der Waals surface area (Å²) in [6.45, 7) is 2.13. The van der Waals surface area contributed by atoms with Crippen molar-refractivity contribution in [1.82, 2.24) is 14.7 Å². The van der Waals surface area contributed by atoms with Gasteiger partial charge in [-0.3, -0.25) is 9.69 Å². The van der Waals surface area contributed by atoms with E-state index in [2.05, 4.69) is 22.3 Å². The van der Waals surface area contributed by atoms with Gasteiger partial charge in [0, 0.05) is 19.5 Å². The number of hydrogen-bond donors (Lipinski definition) is 2. The van der Waals surface area contributed by atoms with Crippen molar-refractivity contribution in [1.29, 1.82) is 0 Å². The molecule has 0 bridgehead atoms. The number of fused-ring (bicyclic) bond motifs is 1. The third-order valence-electron chi connectivity index (χ3n) is 4.19.